The minimum absolute atomic E-state index is 0.300. The summed E-state index contributed by atoms with van der Waals surface area (Å²) in [5.74, 6) is -0.499. The van der Waals surface area contributed by atoms with E-state index in [1.165, 1.54) is 0 Å². The molecule has 0 fully saturated rings. The van der Waals surface area contributed by atoms with E-state index >= 15 is 0 Å². The standard InChI is InChI=1S/C17H15N5O3/c18-15(23)11-2-1-3-14-10(11)6-7-22(14)17(25)19-9-4-5-12-13(8-9)21-16(24)20-12/h1-5,8H,6-7H2,(H2,18,23)(H,19,25)(H2,20,21,24). The van der Waals surface area contributed by atoms with Crippen molar-refractivity contribution in [2.24, 2.45) is 5.73 Å². The molecule has 4 rings (SSSR count). The van der Waals surface area contributed by atoms with Crippen LogP contribution in [0.5, 0.6) is 0 Å². The number of aromatic amines is 2. The zero-order valence-corrected chi connectivity index (χ0v) is 13.1. The van der Waals surface area contributed by atoms with Gasteiger partial charge in [0.1, 0.15) is 0 Å². The highest BCUT2D eigenvalue weighted by Gasteiger charge is 2.27. The predicted octanol–water partition coefficient (Wildman–Crippen LogP) is 1.55. The van der Waals surface area contributed by atoms with Crippen molar-refractivity contribution in [3.63, 3.8) is 0 Å². The summed E-state index contributed by atoms with van der Waals surface area (Å²) in [6, 6.07) is 9.97. The number of rotatable bonds is 2. The first-order valence-electron chi connectivity index (χ1n) is 7.75. The van der Waals surface area contributed by atoms with Crippen LogP contribution in [0.1, 0.15) is 15.9 Å². The predicted molar refractivity (Wildman–Crippen MR) is 93.9 cm³/mol. The molecule has 0 unspecified atom stereocenters. The van der Waals surface area contributed by atoms with Gasteiger partial charge in [0.15, 0.2) is 0 Å². The first-order chi connectivity index (χ1) is 12.0. The summed E-state index contributed by atoms with van der Waals surface area (Å²) in [5.41, 5.74) is 8.85. The van der Waals surface area contributed by atoms with Crippen LogP contribution in [0.2, 0.25) is 0 Å². The fourth-order valence-electron chi connectivity index (χ4n) is 3.18. The Morgan fingerprint density at radius 1 is 1.12 bits per heavy atom. The Morgan fingerprint density at radius 3 is 2.72 bits per heavy atom. The number of urea groups is 1. The number of hydrogen-bond acceptors (Lipinski definition) is 3. The Kier molecular flexibility index (Phi) is 3.31. The highest BCUT2D eigenvalue weighted by molar-refractivity contribution is 6.05. The summed E-state index contributed by atoms with van der Waals surface area (Å²) in [6.45, 7) is 0.467. The van der Waals surface area contributed by atoms with E-state index in [1.54, 1.807) is 41.3 Å². The third-order valence-electron chi connectivity index (χ3n) is 4.31. The summed E-state index contributed by atoms with van der Waals surface area (Å²) in [4.78, 5) is 42.3. The van der Waals surface area contributed by atoms with Gasteiger partial charge in [-0.2, -0.15) is 0 Å². The summed E-state index contributed by atoms with van der Waals surface area (Å²) < 4.78 is 0. The molecule has 1 aromatic heterocycles. The SMILES string of the molecule is NC(=O)c1cccc2c1CCN2C(=O)Nc1ccc2[nH]c(=O)[nH]c2c1. The van der Waals surface area contributed by atoms with E-state index in [0.29, 0.717) is 40.9 Å². The van der Waals surface area contributed by atoms with E-state index in [4.69, 9.17) is 5.73 Å². The Labute approximate surface area is 141 Å². The van der Waals surface area contributed by atoms with Gasteiger partial charge in [-0.05, 0) is 42.3 Å². The molecule has 0 bridgehead atoms. The average molecular weight is 337 g/mol. The van der Waals surface area contributed by atoms with Gasteiger partial charge in [0, 0.05) is 23.5 Å². The van der Waals surface area contributed by atoms with Gasteiger partial charge >= 0.3 is 11.7 Å². The number of fused-ring (bicyclic) bond motifs is 2. The number of anilines is 2. The van der Waals surface area contributed by atoms with Crippen LogP contribution < -0.4 is 21.6 Å². The van der Waals surface area contributed by atoms with Gasteiger partial charge < -0.3 is 21.0 Å². The number of nitrogens with zero attached hydrogens (tertiary/aromatic N) is 1. The first kappa shape index (κ1) is 15.0. The lowest BCUT2D eigenvalue weighted by Crippen LogP contribution is -2.33. The number of H-pyrrole nitrogens is 2. The number of carbonyl (C=O) groups is 2. The third-order valence-corrected chi connectivity index (χ3v) is 4.31. The Bertz CT molecular complexity index is 1070. The van der Waals surface area contributed by atoms with Crippen LogP contribution in [0, 0.1) is 0 Å². The molecule has 3 amide bonds. The molecule has 3 aromatic rings. The molecule has 0 atom stereocenters. The molecule has 1 aliphatic heterocycles. The lowest BCUT2D eigenvalue weighted by atomic mass is 10.0. The van der Waals surface area contributed by atoms with Gasteiger partial charge in [0.2, 0.25) is 5.91 Å². The van der Waals surface area contributed by atoms with Crippen LogP contribution in [-0.2, 0) is 6.42 Å². The summed E-state index contributed by atoms with van der Waals surface area (Å²) in [5, 5.41) is 2.81. The molecule has 1 aliphatic rings. The second kappa shape index (κ2) is 5.52. The van der Waals surface area contributed by atoms with Crippen molar-refractivity contribution in [1.29, 1.82) is 0 Å². The summed E-state index contributed by atoms with van der Waals surface area (Å²) in [6.07, 6.45) is 0.575. The molecule has 126 valence electrons. The van der Waals surface area contributed by atoms with E-state index in [1.807, 2.05) is 0 Å². The van der Waals surface area contributed by atoms with Crippen LogP contribution in [-0.4, -0.2) is 28.5 Å². The monoisotopic (exact) mass is 337 g/mol. The number of primary amides is 1. The molecule has 0 spiro atoms. The molecular formula is C17H15N5O3. The number of imidazole rings is 1. The van der Waals surface area contributed by atoms with Crippen molar-refractivity contribution >= 4 is 34.3 Å². The largest absolute Gasteiger partial charge is 0.366 e. The fraction of sp³-hybridized carbons (Fsp3) is 0.118. The van der Waals surface area contributed by atoms with Crippen molar-refractivity contribution in [2.75, 3.05) is 16.8 Å². The van der Waals surface area contributed by atoms with Crippen molar-refractivity contribution < 1.29 is 9.59 Å². The molecule has 0 radical (unpaired) electrons. The van der Waals surface area contributed by atoms with Crippen LogP contribution in [0.4, 0.5) is 16.2 Å². The van der Waals surface area contributed by atoms with Gasteiger partial charge in [0.25, 0.3) is 0 Å². The molecule has 2 heterocycles. The van der Waals surface area contributed by atoms with Gasteiger partial charge in [0.05, 0.1) is 11.0 Å². The quantitative estimate of drug-likeness (QED) is 0.567. The van der Waals surface area contributed by atoms with E-state index < -0.39 is 5.91 Å². The van der Waals surface area contributed by atoms with Gasteiger partial charge in [-0.3, -0.25) is 9.69 Å². The molecule has 0 saturated heterocycles. The minimum atomic E-state index is -0.499. The van der Waals surface area contributed by atoms with Gasteiger partial charge in [-0.25, -0.2) is 9.59 Å². The zero-order valence-electron chi connectivity index (χ0n) is 13.1. The lowest BCUT2D eigenvalue weighted by Gasteiger charge is -2.18. The Hall–Kier alpha value is -3.55. The Morgan fingerprint density at radius 2 is 1.92 bits per heavy atom. The van der Waals surface area contributed by atoms with E-state index in [-0.39, 0.29) is 11.7 Å². The van der Waals surface area contributed by atoms with Crippen LogP contribution in [0.15, 0.2) is 41.2 Å². The number of hydrogen-bond donors (Lipinski definition) is 4. The zero-order chi connectivity index (χ0) is 17.6. The van der Waals surface area contributed by atoms with Crippen LogP contribution in [0.3, 0.4) is 0 Å². The molecule has 0 aliphatic carbocycles. The van der Waals surface area contributed by atoms with Crippen LogP contribution >= 0.6 is 0 Å². The second-order valence-corrected chi connectivity index (χ2v) is 5.84. The summed E-state index contributed by atoms with van der Waals surface area (Å²) >= 11 is 0. The second-order valence-electron chi connectivity index (χ2n) is 5.84. The van der Waals surface area contributed by atoms with Crippen molar-refractivity contribution in [3.05, 3.63) is 58.0 Å². The van der Waals surface area contributed by atoms with E-state index in [2.05, 4.69) is 15.3 Å². The maximum Gasteiger partial charge on any atom is 0.326 e. The van der Waals surface area contributed by atoms with Crippen molar-refractivity contribution in [3.8, 4) is 0 Å². The highest BCUT2D eigenvalue weighted by atomic mass is 16.2. The molecule has 25 heavy (non-hydrogen) atoms. The van der Waals surface area contributed by atoms with E-state index in [9.17, 15) is 14.4 Å². The lowest BCUT2D eigenvalue weighted by molar-refractivity contribution is 0.0999. The normalized spacial score (nSPS) is 13.0. The number of nitrogens with one attached hydrogen (secondary N) is 3. The average Bonchev–Trinajstić information content (AvgIpc) is 3.16. The van der Waals surface area contributed by atoms with Gasteiger partial charge in [-0.15, -0.1) is 0 Å². The number of aromatic nitrogens is 2. The molecule has 2 aromatic carbocycles. The number of nitrogens with two attached hydrogens (primary N) is 1. The first-order valence-corrected chi connectivity index (χ1v) is 7.75. The highest BCUT2D eigenvalue weighted by Crippen LogP contribution is 2.31. The molecule has 0 saturated carbocycles. The third kappa shape index (κ3) is 2.53. The van der Waals surface area contributed by atoms with Crippen LogP contribution in [0.25, 0.3) is 11.0 Å². The smallest absolute Gasteiger partial charge is 0.326 e. The number of amides is 3. The summed E-state index contributed by atoms with van der Waals surface area (Å²) in [7, 11) is 0. The molecule has 5 N–H and O–H groups in total. The fourth-order valence-corrected chi connectivity index (χ4v) is 3.18. The minimum Gasteiger partial charge on any atom is -0.366 e. The van der Waals surface area contributed by atoms with Crippen molar-refractivity contribution in [1.82, 2.24) is 9.97 Å². The molecule has 8 heteroatoms. The topological polar surface area (TPSA) is 124 Å². The maximum atomic E-state index is 12.6. The Balaban J connectivity index is 1.61. The molecular weight excluding hydrogens is 322 g/mol. The number of benzene rings is 2. The van der Waals surface area contributed by atoms with Gasteiger partial charge in [-0.1, -0.05) is 6.07 Å². The number of carbonyl (C=O) groups excluding carboxylic acids is 2. The van der Waals surface area contributed by atoms with Crippen molar-refractivity contribution in [2.45, 2.75) is 6.42 Å². The maximum absolute atomic E-state index is 12.6. The van der Waals surface area contributed by atoms with E-state index in [0.717, 1.165) is 5.56 Å². The molecule has 8 nitrogen and oxygen atoms in total.